The predicted octanol–water partition coefficient (Wildman–Crippen LogP) is 0.759. The van der Waals surface area contributed by atoms with Crippen molar-refractivity contribution in [2.75, 3.05) is 6.54 Å². The number of rotatable bonds is 3. The van der Waals surface area contributed by atoms with Crippen molar-refractivity contribution in [1.82, 2.24) is 5.73 Å². The van der Waals surface area contributed by atoms with E-state index in [0.717, 1.165) is 5.56 Å². The van der Waals surface area contributed by atoms with Gasteiger partial charge in [-0.15, -0.1) is 0 Å². The van der Waals surface area contributed by atoms with Gasteiger partial charge >= 0.3 is 0 Å². The minimum Gasteiger partial charge on any atom is -0.282 e. The fourth-order valence-corrected chi connectivity index (χ4v) is 1.45. The van der Waals surface area contributed by atoms with Crippen molar-refractivity contribution in [2.24, 2.45) is 0 Å². The number of hydrogen-bond acceptors (Lipinski definition) is 2. The first-order valence-corrected chi connectivity index (χ1v) is 5.19. The van der Waals surface area contributed by atoms with Gasteiger partial charge in [-0.1, -0.05) is 12.1 Å². The second-order valence-electron chi connectivity index (χ2n) is 2.62. The van der Waals surface area contributed by atoms with Gasteiger partial charge < -0.3 is 0 Å². The molecule has 1 aromatic rings. The van der Waals surface area contributed by atoms with Gasteiger partial charge in [0, 0.05) is 6.54 Å². The second-order valence-corrected chi connectivity index (χ2v) is 4.04. The van der Waals surface area contributed by atoms with Crippen molar-refractivity contribution in [3.05, 3.63) is 29.8 Å². The molecule has 0 heterocycles. The fourth-order valence-electron chi connectivity index (χ4n) is 0.972. The Morgan fingerprint density at radius 1 is 1.23 bits per heavy atom. The van der Waals surface area contributed by atoms with Gasteiger partial charge in [-0.25, -0.2) is 0 Å². The largest absolute Gasteiger partial charge is 0.294 e. The van der Waals surface area contributed by atoms with Crippen LogP contribution in [0.1, 0.15) is 5.56 Å². The lowest BCUT2D eigenvalue weighted by Crippen LogP contribution is -1.98. The lowest BCUT2D eigenvalue weighted by Gasteiger charge is -1.99. The Labute approximate surface area is 77.1 Å². The number of nitrogens with one attached hydrogen (secondary N) is 1. The Morgan fingerprint density at radius 2 is 1.77 bits per heavy atom. The predicted molar refractivity (Wildman–Crippen MR) is 47.9 cm³/mol. The van der Waals surface area contributed by atoms with E-state index in [0.29, 0.717) is 6.42 Å². The van der Waals surface area contributed by atoms with Crippen LogP contribution in [-0.4, -0.2) is 19.5 Å². The number of hydrogen-bond donors (Lipinski definition) is 1. The molecule has 0 saturated carbocycles. The summed E-state index contributed by atoms with van der Waals surface area (Å²) in [5, 5.41) is 0. The first-order valence-electron chi connectivity index (χ1n) is 3.75. The van der Waals surface area contributed by atoms with Crippen molar-refractivity contribution < 1.29 is 13.0 Å². The molecule has 1 aromatic carbocycles. The Balaban J connectivity index is 2.94. The van der Waals surface area contributed by atoms with Gasteiger partial charge in [0.05, 0.1) is 4.90 Å². The first kappa shape index (κ1) is 10.2. The third-order valence-electron chi connectivity index (χ3n) is 1.63. The maximum atomic E-state index is 10.6. The molecule has 0 aliphatic heterocycles. The van der Waals surface area contributed by atoms with Gasteiger partial charge in [-0.2, -0.15) is 8.42 Å². The Hall–Kier alpha value is -0.910. The van der Waals surface area contributed by atoms with Crippen molar-refractivity contribution in [1.29, 1.82) is 0 Å². The molecule has 0 aliphatic rings. The van der Waals surface area contributed by atoms with Crippen molar-refractivity contribution in [3.63, 3.8) is 0 Å². The van der Waals surface area contributed by atoms with Crippen LogP contribution in [0.3, 0.4) is 0 Å². The fraction of sp³-hybridized carbons (Fsp3) is 0.250. The molecule has 71 valence electrons. The summed E-state index contributed by atoms with van der Waals surface area (Å²) in [6.45, 7) is 0.269. The summed E-state index contributed by atoms with van der Waals surface area (Å²) in [6.07, 6.45) is 0.589. The smallest absolute Gasteiger partial charge is 0.282 e. The Morgan fingerprint density at radius 3 is 2.15 bits per heavy atom. The molecule has 1 radical (unpaired) electrons. The van der Waals surface area contributed by atoms with E-state index < -0.39 is 10.1 Å². The normalized spacial score (nSPS) is 11.5. The van der Waals surface area contributed by atoms with Gasteiger partial charge in [0.1, 0.15) is 0 Å². The number of benzene rings is 1. The van der Waals surface area contributed by atoms with Gasteiger partial charge in [0.25, 0.3) is 10.1 Å². The monoisotopic (exact) mass is 200 g/mol. The van der Waals surface area contributed by atoms with E-state index in [1.165, 1.54) is 12.1 Å². The van der Waals surface area contributed by atoms with E-state index in [9.17, 15) is 8.42 Å². The molecule has 13 heavy (non-hydrogen) atoms. The summed E-state index contributed by atoms with van der Waals surface area (Å²) in [6, 6.07) is 5.86. The topological polar surface area (TPSA) is 78.2 Å². The van der Waals surface area contributed by atoms with Gasteiger partial charge in [0.2, 0.25) is 0 Å². The maximum absolute atomic E-state index is 10.6. The molecule has 0 atom stereocenters. The summed E-state index contributed by atoms with van der Waals surface area (Å²) < 4.78 is 29.9. The third-order valence-corrected chi connectivity index (χ3v) is 2.50. The molecular formula is C8H10NO3S. The zero-order valence-electron chi connectivity index (χ0n) is 6.90. The van der Waals surface area contributed by atoms with Crippen LogP contribution in [0.5, 0.6) is 0 Å². The maximum Gasteiger partial charge on any atom is 0.294 e. The van der Waals surface area contributed by atoms with E-state index in [2.05, 4.69) is 0 Å². The lowest BCUT2D eigenvalue weighted by molar-refractivity contribution is 0.483. The van der Waals surface area contributed by atoms with E-state index in [-0.39, 0.29) is 11.4 Å². The molecular weight excluding hydrogens is 190 g/mol. The highest BCUT2D eigenvalue weighted by Gasteiger charge is 2.07. The van der Waals surface area contributed by atoms with E-state index in [1.807, 2.05) is 0 Å². The molecule has 0 amide bonds. The summed E-state index contributed by atoms with van der Waals surface area (Å²) >= 11 is 0. The standard InChI is InChI=1S/C8H10NO3S/c9-6-5-7-1-3-8(4-2-7)13(10,11)12/h1-4,9H,5-6H2,(H,10,11,12). The Kier molecular flexibility index (Phi) is 3.02. The van der Waals surface area contributed by atoms with Crippen molar-refractivity contribution in [3.8, 4) is 0 Å². The zero-order chi connectivity index (χ0) is 9.90. The molecule has 2 N–H and O–H groups in total. The minimum atomic E-state index is -4.08. The molecule has 0 saturated heterocycles. The molecule has 0 bridgehead atoms. The van der Waals surface area contributed by atoms with Crippen LogP contribution in [0.2, 0.25) is 0 Å². The zero-order valence-corrected chi connectivity index (χ0v) is 7.71. The van der Waals surface area contributed by atoms with Crippen LogP contribution in [0.15, 0.2) is 29.2 Å². The lowest BCUT2D eigenvalue weighted by atomic mass is 10.2. The summed E-state index contributed by atoms with van der Waals surface area (Å²) in [5.41, 5.74) is 7.84. The molecule has 5 heteroatoms. The van der Waals surface area contributed by atoms with Crippen molar-refractivity contribution >= 4 is 10.1 Å². The third kappa shape index (κ3) is 2.80. The highest BCUT2D eigenvalue weighted by molar-refractivity contribution is 7.85. The Bertz CT molecular complexity index is 369. The van der Waals surface area contributed by atoms with Gasteiger partial charge in [-0.05, 0) is 24.1 Å². The van der Waals surface area contributed by atoms with Crippen LogP contribution in [-0.2, 0) is 16.5 Å². The van der Waals surface area contributed by atoms with Crippen LogP contribution < -0.4 is 5.73 Å². The van der Waals surface area contributed by atoms with Crippen LogP contribution in [0.25, 0.3) is 0 Å². The average Bonchev–Trinajstić information content (AvgIpc) is 2.04. The van der Waals surface area contributed by atoms with Crippen molar-refractivity contribution in [2.45, 2.75) is 11.3 Å². The highest BCUT2D eigenvalue weighted by atomic mass is 32.2. The second kappa shape index (κ2) is 3.87. The van der Waals surface area contributed by atoms with E-state index >= 15 is 0 Å². The van der Waals surface area contributed by atoms with Gasteiger partial charge in [0.15, 0.2) is 0 Å². The van der Waals surface area contributed by atoms with Crippen LogP contribution in [0.4, 0.5) is 0 Å². The molecule has 0 spiro atoms. The molecule has 0 fully saturated rings. The van der Waals surface area contributed by atoms with Gasteiger partial charge in [-0.3, -0.25) is 10.3 Å². The average molecular weight is 200 g/mol. The molecule has 4 nitrogen and oxygen atoms in total. The van der Waals surface area contributed by atoms with E-state index in [4.69, 9.17) is 10.3 Å². The SMILES string of the molecule is [NH]CCc1ccc(S(=O)(=O)O)cc1. The molecule has 0 aromatic heterocycles. The summed E-state index contributed by atoms with van der Waals surface area (Å²) in [4.78, 5) is -0.110. The first-order chi connectivity index (χ1) is 6.04. The molecule has 0 aliphatic carbocycles. The summed E-state index contributed by atoms with van der Waals surface area (Å²) in [5.74, 6) is 0. The highest BCUT2D eigenvalue weighted by Crippen LogP contribution is 2.09. The molecule has 0 unspecified atom stereocenters. The van der Waals surface area contributed by atoms with E-state index in [1.54, 1.807) is 12.1 Å². The quantitative estimate of drug-likeness (QED) is 0.731. The van der Waals surface area contributed by atoms with Crippen LogP contribution >= 0.6 is 0 Å². The molecule has 1 rings (SSSR count). The van der Waals surface area contributed by atoms with Crippen LogP contribution in [0, 0.1) is 0 Å². The summed E-state index contributed by atoms with van der Waals surface area (Å²) in [7, 11) is -4.08. The minimum absolute atomic E-state index is 0.110.